The first kappa shape index (κ1) is 16.3. The molecule has 2 rings (SSSR count). The summed E-state index contributed by atoms with van der Waals surface area (Å²) in [5.41, 5.74) is 1.95. The van der Waals surface area contributed by atoms with Crippen LogP contribution in [0.15, 0.2) is 28.7 Å². The number of aromatic amines is 1. The number of Topliss-reactive ketones (excluding diaryl/α,β-unsaturated/α-hetero) is 1. The molecular formula is C16H16BrNO4. The third-order valence-corrected chi connectivity index (χ3v) is 3.82. The number of carbonyl (C=O) groups is 2. The van der Waals surface area contributed by atoms with Crippen molar-refractivity contribution in [2.45, 2.75) is 13.8 Å². The average molecular weight is 366 g/mol. The number of ether oxygens (including phenoxy) is 2. The van der Waals surface area contributed by atoms with E-state index in [-0.39, 0.29) is 12.4 Å². The molecule has 0 radical (unpaired) electrons. The second-order valence-corrected chi connectivity index (χ2v) is 5.70. The lowest BCUT2D eigenvalue weighted by Gasteiger charge is -2.05. The van der Waals surface area contributed by atoms with Crippen molar-refractivity contribution in [3.8, 4) is 5.75 Å². The van der Waals surface area contributed by atoms with Crippen molar-refractivity contribution in [1.29, 1.82) is 0 Å². The van der Waals surface area contributed by atoms with E-state index in [0.29, 0.717) is 28.3 Å². The Morgan fingerprint density at radius 1 is 1.18 bits per heavy atom. The van der Waals surface area contributed by atoms with E-state index in [1.54, 1.807) is 26.0 Å². The average Bonchev–Trinajstić information content (AvgIpc) is 2.80. The Balaban J connectivity index is 2.13. The Kier molecular flexibility index (Phi) is 5.03. The van der Waals surface area contributed by atoms with Crippen LogP contribution in [0.25, 0.3) is 0 Å². The van der Waals surface area contributed by atoms with E-state index in [4.69, 9.17) is 9.47 Å². The highest BCUT2D eigenvalue weighted by Gasteiger charge is 2.22. The van der Waals surface area contributed by atoms with Crippen molar-refractivity contribution in [2.24, 2.45) is 0 Å². The molecule has 0 unspecified atom stereocenters. The van der Waals surface area contributed by atoms with Gasteiger partial charge >= 0.3 is 5.97 Å². The molecule has 0 saturated carbocycles. The number of aromatic nitrogens is 1. The number of benzene rings is 1. The summed E-state index contributed by atoms with van der Waals surface area (Å²) in [6.45, 7) is 3.33. The van der Waals surface area contributed by atoms with E-state index < -0.39 is 5.97 Å². The van der Waals surface area contributed by atoms with E-state index >= 15 is 0 Å². The van der Waals surface area contributed by atoms with Gasteiger partial charge in [0.2, 0.25) is 5.78 Å². The second kappa shape index (κ2) is 6.79. The van der Waals surface area contributed by atoms with Crippen LogP contribution in [0.1, 0.15) is 32.1 Å². The molecule has 0 fully saturated rings. The summed E-state index contributed by atoms with van der Waals surface area (Å²) in [4.78, 5) is 26.9. The molecule has 1 heterocycles. The number of halogens is 1. The lowest BCUT2D eigenvalue weighted by atomic mass is 10.1. The van der Waals surface area contributed by atoms with Crippen molar-refractivity contribution in [2.75, 3.05) is 13.7 Å². The fraction of sp³-hybridized carbons (Fsp3) is 0.250. The van der Waals surface area contributed by atoms with Gasteiger partial charge in [-0.25, -0.2) is 4.79 Å². The van der Waals surface area contributed by atoms with E-state index in [2.05, 4.69) is 20.9 Å². The zero-order chi connectivity index (χ0) is 16.3. The van der Waals surface area contributed by atoms with E-state index in [9.17, 15) is 9.59 Å². The highest BCUT2D eigenvalue weighted by atomic mass is 79.9. The van der Waals surface area contributed by atoms with Crippen LogP contribution in [0.2, 0.25) is 0 Å². The number of esters is 1. The van der Waals surface area contributed by atoms with Gasteiger partial charge in [0.1, 0.15) is 5.75 Å². The molecule has 5 nitrogen and oxygen atoms in total. The SMILES string of the molecule is COC(=O)c1c(C)[nH]c(C(=O)COc2ccc(Br)cc2)c1C. The number of hydrogen-bond acceptors (Lipinski definition) is 4. The summed E-state index contributed by atoms with van der Waals surface area (Å²) in [6, 6.07) is 7.20. The predicted molar refractivity (Wildman–Crippen MR) is 85.6 cm³/mol. The molecule has 22 heavy (non-hydrogen) atoms. The topological polar surface area (TPSA) is 68.4 Å². The monoisotopic (exact) mass is 365 g/mol. The predicted octanol–water partition coefficient (Wildman–Crippen LogP) is 3.44. The summed E-state index contributed by atoms with van der Waals surface area (Å²) < 4.78 is 11.1. The minimum Gasteiger partial charge on any atom is -0.485 e. The molecule has 0 atom stereocenters. The molecule has 1 N–H and O–H groups in total. The van der Waals surface area contributed by atoms with Crippen molar-refractivity contribution in [1.82, 2.24) is 4.98 Å². The van der Waals surface area contributed by atoms with E-state index in [0.717, 1.165) is 4.47 Å². The van der Waals surface area contributed by atoms with Gasteiger partial charge in [0.15, 0.2) is 6.61 Å². The van der Waals surface area contributed by atoms with Gasteiger partial charge in [0.05, 0.1) is 18.4 Å². The molecule has 1 aromatic carbocycles. The first-order chi connectivity index (χ1) is 10.4. The van der Waals surface area contributed by atoms with Crippen LogP contribution in [0.3, 0.4) is 0 Å². The Morgan fingerprint density at radius 2 is 1.82 bits per heavy atom. The minimum absolute atomic E-state index is 0.108. The summed E-state index contributed by atoms with van der Waals surface area (Å²) in [5, 5.41) is 0. The van der Waals surface area contributed by atoms with Crippen molar-refractivity contribution in [3.05, 3.63) is 51.3 Å². The third-order valence-electron chi connectivity index (χ3n) is 3.29. The van der Waals surface area contributed by atoms with Crippen molar-refractivity contribution < 1.29 is 19.1 Å². The maximum Gasteiger partial charge on any atom is 0.339 e. The Hall–Kier alpha value is -2.08. The van der Waals surface area contributed by atoms with Crippen LogP contribution in [-0.2, 0) is 4.74 Å². The molecule has 0 aliphatic rings. The molecule has 2 aromatic rings. The Labute approximate surface area is 136 Å². The Morgan fingerprint density at radius 3 is 2.41 bits per heavy atom. The van der Waals surface area contributed by atoms with Crippen LogP contribution in [0.5, 0.6) is 5.75 Å². The van der Waals surface area contributed by atoms with Gasteiger partial charge in [-0.2, -0.15) is 0 Å². The highest BCUT2D eigenvalue weighted by Crippen LogP contribution is 2.20. The number of nitrogens with one attached hydrogen (secondary N) is 1. The van der Waals surface area contributed by atoms with Gasteiger partial charge < -0.3 is 14.5 Å². The van der Waals surface area contributed by atoms with Gasteiger partial charge in [-0.3, -0.25) is 4.79 Å². The lowest BCUT2D eigenvalue weighted by Crippen LogP contribution is -2.13. The number of carbonyl (C=O) groups excluding carboxylic acids is 2. The van der Waals surface area contributed by atoms with Gasteiger partial charge in [0.25, 0.3) is 0 Å². The number of H-pyrrole nitrogens is 1. The normalized spacial score (nSPS) is 10.4. The molecular weight excluding hydrogens is 350 g/mol. The smallest absolute Gasteiger partial charge is 0.339 e. The maximum absolute atomic E-state index is 12.3. The standard InChI is InChI=1S/C16H16BrNO4/c1-9-14(16(20)21-3)10(2)18-15(9)13(19)8-22-12-6-4-11(17)5-7-12/h4-7,18H,8H2,1-3H3. The fourth-order valence-electron chi connectivity index (χ4n) is 2.19. The van der Waals surface area contributed by atoms with Crippen LogP contribution in [-0.4, -0.2) is 30.5 Å². The number of rotatable bonds is 5. The van der Waals surface area contributed by atoms with Crippen LogP contribution < -0.4 is 4.74 Å². The zero-order valence-electron chi connectivity index (χ0n) is 12.5. The maximum atomic E-state index is 12.3. The molecule has 0 aliphatic heterocycles. The van der Waals surface area contributed by atoms with Gasteiger partial charge in [-0.15, -0.1) is 0 Å². The van der Waals surface area contributed by atoms with E-state index in [1.807, 2.05) is 12.1 Å². The highest BCUT2D eigenvalue weighted by molar-refractivity contribution is 9.10. The number of methoxy groups -OCH3 is 1. The van der Waals surface area contributed by atoms with Gasteiger partial charge in [0, 0.05) is 10.2 Å². The quantitative estimate of drug-likeness (QED) is 0.650. The van der Waals surface area contributed by atoms with Crippen molar-refractivity contribution in [3.63, 3.8) is 0 Å². The number of hydrogen-bond donors (Lipinski definition) is 1. The molecule has 0 saturated heterocycles. The molecule has 0 spiro atoms. The van der Waals surface area contributed by atoms with Crippen LogP contribution in [0.4, 0.5) is 0 Å². The fourth-order valence-corrected chi connectivity index (χ4v) is 2.45. The number of aryl methyl sites for hydroxylation is 1. The van der Waals surface area contributed by atoms with Gasteiger partial charge in [-0.1, -0.05) is 15.9 Å². The largest absolute Gasteiger partial charge is 0.485 e. The number of ketones is 1. The summed E-state index contributed by atoms with van der Waals surface area (Å²) >= 11 is 3.33. The first-order valence-corrected chi connectivity index (χ1v) is 7.42. The molecule has 0 bridgehead atoms. The lowest BCUT2D eigenvalue weighted by molar-refractivity contribution is 0.0599. The summed E-state index contributed by atoms with van der Waals surface area (Å²) in [5.74, 6) is -0.0801. The molecule has 0 aliphatic carbocycles. The van der Waals surface area contributed by atoms with E-state index in [1.165, 1.54) is 7.11 Å². The summed E-state index contributed by atoms with van der Waals surface area (Å²) in [7, 11) is 1.31. The van der Waals surface area contributed by atoms with Gasteiger partial charge in [-0.05, 0) is 43.7 Å². The first-order valence-electron chi connectivity index (χ1n) is 6.63. The molecule has 6 heteroatoms. The summed E-state index contributed by atoms with van der Waals surface area (Å²) in [6.07, 6.45) is 0. The van der Waals surface area contributed by atoms with Crippen molar-refractivity contribution >= 4 is 27.7 Å². The third kappa shape index (κ3) is 3.39. The van der Waals surface area contributed by atoms with Crippen LogP contribution >= 0.6 is 15.9 Å². The molecule has 0 amide bonds. The zero-order valence-corrected chi connectivity index (χ0v) is 14.1. The second-order valence-electron chi connectivity index (χ2n) is 4.78. The molecule has 116 valence electrons. The Bertz CT molecular complexity index is 704. The minimum atomic E-state index is -0.459. The van der Waals surface area contributed by atoms with Crippen LogP contribution in [0, 0.1) is 13.8 Å². The molecule has 1 aromatic heterocycles.